The van der Waals surface area contributed by atoms with Crippen molar-refractivity contribution in [2.75, 3.05) is 0 Å². The summed E-state index contributed by atoms with van der Waals surface area (Å²) in [7, 11) is 0. The Hall–Kier alpha value is -1.94. The summed E-state index contributed by atoms with van der Waals surface area (Å²) >= 11 is 1.56. The fourth-order valence-electron chi connectivity index (χ4n) is 3.27. The number of H-pyrrole nitrogens is 1. The number of nitrogens with zero attached hydrogens (tertiary/aromatic N) is 1. The molecule has 4 heteroatoms. The van der Waals surface area contributed by atoms with Gasteiger partial charge in [-0.2, -0.15) is 0 Å². The smallest absolute Gasteiger partial charge is 0.260 e. The molecule has 1 aliphatic rings. The van der Waals surface area contributed by atoms with E-state index in [0.29, 0.717) is 0 Å². The Morgan fingerprint density at radius 1 is 1.23 bits per heavy atom. The Labute approximate surface area is 133 Å². The lowest BCUT2D eigenvalue weighted by Gasteiger charge is -2.16. The monoisotopic (exact) mass is 310 g/mol. The van der Waals surface area contributed by atoms with Crippen LogP contribution in [0.5, 0.6) is 0 Å². The van der Waals surface area contributed by atoms with Gasteiger partial charge in [0.05, 0.1) is 5.39 Å². The molecule has 0 unspecified atom stereocenters. The van der Waals surface area contributed by atoms with Crippen molar-refractivity contribution in [3.8, 4) is 11.1 Å². The number of hydrogen-bond acceptors (Lipinski definition) is 3. The number of thiophene rings is 1. The van der Waals surface area contributed by atoms with Gasteiger partial charge in [0.1, 0.15) is 10.7 Å². The second kappa shape index (κ2) is 5.36. The van der Waals surface area contributed by atoms with Gasteiger partial charge in [0.25, 0.3) is 5.56 Å². The minimum atomic E-state index is -0.0178. The number of aryl methyl sites for hydroxylation is 3. The fourth-order valence-corrected chi connectivity index (χ4v) is 4.24. The quantitative estimate of drug-likeness (QED) is 0.775. The van der Waals surface area contributed by atoms with Crippen LogP contribution >= 0.6 is 11.3 Å². The van der Waals surface area contributed by atoms with Crippen molar-refractivity contribution in [3.05, 3.63) is 50.9 Å². The van der Waals surface area contributed by atoms with Gasteiger partial charge in [-0.1, -0.05) is 25.1 Å². The van der Waals surface area contributed by atoms with Gasteiger partial charge < -0.3 is 4.98 Å². The minimum absolute atomic E-state index is 0.0178. The van der Waals surface area contributed by atoms with Gasteiger partial charge in [-0.05, 0) is 42.4 Å². The summed E-state index contributed by atoms with van der Waals surface area (Å²) in [5.74, 6) is 0.761. The SMILES string of the molecule is CCc1nc2scc(-c3ccc4c(c3)CCCC4)c2c(=O)[nH]1. The van der Waals surface area contributed by atoms with Gasteiger partial charge in [-0.3, -0.25) is 4.79 Å². The van der Waals surface area contributed by atoms with Crippen molar-refractivity contribution in [1.29, 1.82) is 0 Å². The third-order valence-corrected chi connectivity index (χ3v) is 5.36. The van der Waals surface area contributed by atoms with E-state index in [1.54, 1.807) is 11.3 Å². The summed E-state index contributed by atoms with van der Waals surface area (Å²) in [6, 6.07) is 6.65. The van der Waals surface area contributed by atoms with Crippen molar-refractivity contribution < 1.29 is 0 Å². The molecule has 0 saturated carbocycles. The van der Waals surface area contributed by atoms with Gasteiger partial charge >= 0.3 is 0 Å². The first-order valence-electron chi connectivity index (χ1n) is 7.89. The van der Waals surface area contributed by atoms with Crippen molar-refractivity contribution in [2.24, 2.45) is 0 Å². The highest BCUT2D eigenvalue weighted by Gasteiger charge is 2.15. The first-order valence-corrected chi connectivity index (χ1v) is 8.77. The third kappa shape index (κ3) is 2.18. The molecule has 3 nitrogen and oxygen atoms in total. The normalized spacial score (nSPS) is 14.2. The summed E-state index contributed by atoms with van der Waals surface area (Å²) in [6.07, 6.45) is 5.64. The zero-order chi connectivity index (χ0) is 15.1. The van der Waals surface area contributed by atoms with Crippen LogP contribution in [0.25, 0.3) is 21.3 Å². The average molecular weight is 310 g/mol. The molecular weight excluding hydrogens is 292 g/mol. The van der Waals surface area contributed by atoms with Crippen molar-refractivity contribution in [2.45, 2.75) is 39.0 Å². The Morgan fingerprint density at radius 3 is 2.86 bits per heavy atom. The molecule has 2 aromatic heterocycles. The van der Waals surface area contributed by atoms with Crippen LogP contribution in [-0.4, -0.2) is 9.97 Å². The molecule has 22 heavy (non-hydrogen) atoms. The van der Waals surface area contributed by atoms with E-state index in [2.05, 4.69) is 33.5 Å². The first-order chi connectivity index (χ1) is 10.8. The number of benzene rings is 1. The predicted octanol–water partition coefficient (Wildman–Crippen LogP) is 4.09. The molecule has 0 aliphatic heterocycles. The molecule has 0 bridgehead atoms. The van der Waals surface area contributed by atoms with Crippen LogP contribution < -0.4 is 5.56 Å². The summed E-state index contributed by atoms with van der Waals surface area (Å²) in [6.45, 7) is 2.00. The molecule has 2 heterocycles. The maximum atomic E-state index is 12.4. The number of nitrogens with one attached hydrogen (secondary N) is 1. The molecule has 0 spiro atoms. The first kappa shape index (κ1) is 13.7. The molecule has 0 radical (unpaired) electrons. The number of aromatic nitrogens is 2. The van der Waals surface area contributed by atoms with Crippen LogP contribution in [-0.2, 0) is 19.3 Å². The minimum Gasteiger partial charge on any atom is -0.310 e. The van der Waals surface area contributed by atoms with Gasteiger partial charge in [0, 0.05) is 17.4 Å². The van der Waals surface area contributed by atoms with Gasteiger partial charge in [0.15, 0.2) is 0 Å². The Kier molecular flexibility index (Phi) is 3.34. The molecule has 112 valence electrons. The Balaban J connectivity index is 1.89. The second-order valence-corrected chi connectivity index (χ2v) is 6.74. The zero-order valence-electron chi connectivity index (χ0n) is 12.6. The lowest BCUT2D eigenvalue weighted by atomic mass is 9.89. The summed E-state index contributed by atoms with van der Waals surface area (Å²) in [5.41, 5.74) is 5.05. The largest absolute Gasteiger partial charge is 0.310 e. The molecule has 1 aromatic carbocycles. The van der Waals surface area contributed by atoms with E-state index in [-0.39, 0.29) is 5.56 Å². The highest BCUT2D eigenvalue weighted by molar-refractivity contribution is 7.17. The molecule has 0 amide bonds. The number of hydrogen-bond donors (Lipinski definition) is 1. The molecule has 3 aromatic rings. The van der Waals surface area contributed by atoms with E-state index in [1.165, 1.54) is 30.4 Å². The standard InChI is InChI=1S/C18H18N2OS/c1-2-15-19-17(21)16-14(10-22-18(16)20-15)13-8-7-11-5-3-4-6-12(11)9-13/h7-10H,2-6H2,1H3,(H,19,20,21). The van der Waals surface area contributed by atoms with Gasteiger partial charge in [-0.25, -0.2) is 4.98 Å². The highest BCUT2D eigenvalue weighted by atomic mass is 32.1. The second-order valence-electron chi connectivity index (χ2n) is 5.89. The average Bonchev–Trinajstić information content (AvgIpc) is 2.98. The predicted molar refractivity (Wildman–Crippen MR) is 91.7 cm³/mol. The van der Waals surface area contributed by atoms with Crippen molar-refractivity contribution >= 4 is 21.6 Å². The van der Waals surface area contributed by atoms with Gasteiger partial charge in [0.2, 0.25) is 0 Å². The van der Waals surface area contributed by atoms with Crippen LogP contribution in [0.3, 0.4) is 0 Å². The molecule has 0 atom stereocenters. The third-order valence-electron chi connectivity index (χ3n) is 4.49. The van der Waals surface area contributed by atoms with Crippen LogP contribution in [0.15, 0.2) is 28.4 Å². The lowest BCUT2D eigenvalue weighted by Crippen LogP contribution is -2.10. The number of rotatable bonds is 2. The summed E-state index contributed by atoms with van der Waals surface area (Å²) in [5, 5.41) is 2.80. The van der Waals surface area contributed by atoms with Crippen LogP contribution in [0, 0.1) is 0 Å². The van der Waals surface area contributed by atoms with Crippen LogP contribution in [0.2, 0.25) is 0 Å². The zero-order valence-corrected chi connectivity index (χ0v) is 13.4. The van der Waals surface area contributed by atoms with Crippen LogP contribution in [0.1, 0.15) is 36.7 Å². The van der Waals surface area contributed by atoms with E-state index in [1.807, 2.05) is 6.92 Å². The van der Waals surface area contributed by atoms with E-state index in [9.17, 15) is 4.79 Å². The van der Waals surface area contributed by atoms with E-state index in [0.717, 1.165) is 40.0 Å². The maximum absolute atomic E-state index is 12.4. The molecule has 1 aliphatic carbocycles. The molecule has 0 fully saturated rings. The Morgan fingerprint density at radius 2 is 2.05 bits per heavy atom. The van der Waals surface area contributed by atoms with Crippen molar-refractivity contribution in [1.82, 2.24) is 9.97 Å². The fraction of sp³-hybridized carbons (Fsp3) is 0.333. The maximum Gasteiger partial charge on any atom is 0.260 e. The van der Waals surface area contributed by atoms with E-state index in [4.69, 9.17) is 0 Å². The molecule has 4 rings (SSSR count). The van der Waals surface area contributed by atoms with E-state index < -0.39 is 0 Å². The highest BCUT2D eigenvalue weighted by Crippen LogP contribution is 2.33. The van der Waals surface area contributed by atoms with E-state index >= 15 is 0 Å². The number of fused-ring (bicyclic) bond motifs is 2. The molecular formula is C18H18N2OS. The Bertz CT molecular complexity index is 907. The topological polar surface area (TPSA) is 45.8 Å². The van der Waals surface area contributed by atoms with Gasteiger partial charge in [-0.15, -0.1) is 11.3 Å². The molecule has 1 N–H and O–H groups in total. The summed E-state index contributed by atoms with van der Waals surface area (Å²) in [4.78, 5) is 20.7. The van der Waals surface area contributed by atoms with Crippen LogP contribution in [0.4, 0.5) is 0 Å². The summed E-state index contributed by atoms with van der Waals surface area (Å²) < 4.78 is 0. The number of aromatic amines is 1. The van der Waals surface area contributed by atoms with Crippen molar-refractivity contribution in [3.63, 3.8) is 0 Å². The lowest BCUT2D eigenvalue weighted by molar-refractivity contribution is 0.686. The molecule has 0 saturated heterocycles.